The number of halogens is 1. The molecule has 0 atom stereocenters. The van der Waals surface area contributed by atoms with E-state index in [9.17, 15) is 4.79 Å². The third-order valence-corrected chi connectivity index (χ3v) is 3.56. The van der Waals surface area contributed by atoms with Gasteiger partial charge in [0.2, 0.25) is 0 Å². The highest BCUT2D eigenvalue weighted by molar-refractivity contribution is 14.0. The van der Waals surface area contributed by atoms with Crippen LogP contribution in [-0.2, 0) is 0 Å². The van der Waals surface area contributed by atoms with Gasteiger partial charge in [0.05, 0.1) is 12.1 Å². The molecule has 0 aromatic carbocycles. The van der Waals surface area contributed by atoms with Crippen molar-refractivity contribution in [3.05, 3.63) is 30.1 Å². The Bertz CT molecular complexity index is 474. The first-order valence-corrected chi connectivity index (χ1v) is 7.50. The van der Waals surface area contributed by atoms with Crippen LogP contribution in [0.2, 0.25) is 0 Å². The number of rotatable bonds is 5. The van der Waals surface area contributed by atoms with Crippen LogP contribution in [0.3, 0.4) is 0 Å². The van der Waals surface area contributed by atoms with Crippen LogP contribution in [0.25, 0.3) is 0 Å². The Morgan fingerprint density at radius 3 is 2.82 bits per heavy atom. The molecule has 6 nitrogen and oxygen atoms in total. The Morgan fingerprint density at radius 2 is 2.14 bits per heavy atom. The molecule has 7 heteroatoms. The lowest BCUT2D eigenvalue weighted by Gasteiger charge is -2.23. The maximum absolute atomic E-state index is 11.8. The highest BCUT2D eigenvalue weighted by Crippen LogP contribution is 2.16. The molecule has 1 saturated carbocycles. The second-order valence-corrected chi connectivity index (χ2v) is 5.24. The molecule has 2 rings (SSSR count). The number of aliphatic imine (C=N–C) groups is 1. The van der Waals surface area contributed by atoms with Gasteiger partial charge in [0.15, 0.2) is 5.96 Å². The molecule has 0 unspecified atom stereocenters. The zero-order valence-corrected chi connectivity index (χ0v) is 15.0. The molecule has 1 aromatic rings. The number of nitrogens with two attached hydrogens (primary N) is 1. The summed E-state index contributed by atoms with van der Waals surface area (Å²) in [6.45, 7) is 0.929. The van der Waals surface area contributed by atoms with Crippen molar-refractivity contribution in [1.82, 2.24) is 15.6 Å². The van der Waals surface area contributed by atoms with Crippen molar-refractivity contribution in [2.24, 2.45) is 10.7 Å². The maximum atomic E-state index is 11.8. The largest absolute Gasteiger partial charge is 0.370 e. The zero-order chi connectivity index (χ0) is 14.9. The summed E-state index contributed by atoms with van der Waals surface area (Å²) in [5.41, 5.74) is 6.40. The van der Waals surface area contributed by atoms with E-state index in [1.54, 1.807) is 18.3 Å². The lowest BCUT2D eigenvalue weighted by molar-refractivity contribution is 0.0954. The summed E-state index contributed by atoms with van der Waals surface area (Å²) >= 11 is 0. The van der Waals surface area contributed by atoms with Crippen molar-refractivity contribution in [1.29, 1.82) is 0 Å². The molecule has 1 amide bonds. The van der Waals surface area contributed by atoms with Crippen molar-refractivity contribution in [3.8, 4) is 0 Å². The van der Waals surface area contributed by atoms with Crippen molar-refractivity contribution in [3.63, 3.8) is 0 Å². The van der Waals surface area contributed by atoms with Gasteiger partial charge in [0.1, 0.15) is 0 Å². The van der Waals surface area contributed by atoms with Gasteiger partial charge in [-0.25, -0.2) is 0 Å². The van der Waals surface area contributed by atoms with E-state index in [1.807, 2.05) is 0 Å². The van der Waals surface area contributed by atoms with E-state index in [1.165, 1.54) is 25.5 Å². The molecule has 1 aliphatic carbocycles. The van der Waals surface area contributed by atoms with E-state index in [2.05, 4.69) is 20.6 Å². The third kappa shape index (κ3) is 6.59. The molecule has 1 aromatic heterocycles. The summed E-state index contributed by atoms with van der Waals surface area (Å²) in [4.78, 5) is 19.9. The smallest absolute Gasteiger partial charge is 0.252 e. The van der Waals surface area contributed by atoms with Crippen LogP contribution in [-0.4, -0.2) is 36.0 Å². The number of carbonyl (C=O) groups is 1. The SMILES string of the molecule is I.NC(=NCCNC(=O)c1cccnc1)NC1CCCCC1. The summed E-state index contributed by atoms with van der Waals surface area (Å²) in [5.74, 6) is 0.328. The minimum absolute atomic E-state index is 0. The number of nitrogens with one attached hydrogen (secondary N) is 2. The minimum atomic E-state index is -0.142. The van der Waals surface area contributed by atoms with Gasteiger partial charge < -0.3 is 16.4 Å². The van der Waals surface area contributed by atoms with Crippen LogP contribution in [0, 0.1) is 0 Å². The third-order valence-electron chi connectivity index (χ3n) is 3.56. The maximum Gasteiger partial charge on any atom is 0.252 e. The highest BCUT2D eigenvalue weighted by Gasteiger charge is 2.13. The van der Waals surface area contributed by atoms with Gasteiger partial charge in [-0.3, -0.25) is 14.8 Å². The van der Waals surface area contributed by atoms with E-state index >= 15 is 0 Å². The second kappa shape index (κ2) is 10.4. The monoisotopic (exact) mass is 417 g/mol. The number of carbonyl (C=O) groups excluding carboxylic acids is 1. The first-order valence-electron chi connectivity index (χ1n) is 7.50. The fraction of sp³-hybridized carbons (Fsp3) is 0.533. The second-order valence-electron chi connectivity index (χ2n) is 5.24. The van der Waals surface area contributed by atoms with E-state index in [4.69, 9.17) is 5.73 Å². The minimum Gasteiger partial charge on any atom is -0.370 e. The predicted octanol–water partition coefficient (Wildman–Crippen LogP) is 1.67. The summed E-state index contributed by atoms with van der Waals surface area (Å²) in [7, 11) is 0. The highest BCUT2D eigenvalue weighted by atomic mass is 127. The van der Waals surface area contributed by atoms with Gasteiger partial charge in [0.25, 0.3) is 5.91 Å². The van der Waals surface area contributed by atoms with Crippen molar-refractivity contribution < 1.29 is 4.79 Å². The predicted molar refractivity (Wildman–Crippen MR) is 98.5 cm³/mol. The fourth-order valence-electron chi connectivity index (χ4n) is 2.45. The van der Waals surface area contributed by atoms with Gasteiger partial charge >= 0.3 is 0 Å². The number of aromatic nitrogens is 1. The molecule has 0 bridgehead atoms. The molecule has 1 aliphatic rings. The molecular formula is C15H24IN5O. The average molecular weight is 417 g/mol. The zero-order valence-electron chi connectivity index (χ0n) is 12.6. The summed E-state index contributed by atoms with van der Waals surface area (Å²) in [5, 5.41) is 6.03. The number of hydrogen-bond acceptors (Lipinski definition) is 3. The van der Waals surface area contributed by atoms with Crippen LogP contribution >= 0.6 is 24.0 Å². The molecule has 1 heterocycles. The van der Waals surface area contributed by atoms with E-state index in [0.29, 0.717) is 30.7 Å². The first-order chi connectivity index (χ1) is 10.3. The Balaban J connectivity index is 0.00000242. The lowest BCUT2D eigenvalue weighted by atomic mass is 9.96. The molecule has 4 N–H and O–H groups in total. The molecule has 122 valence electrons. The summed E-state index contributed by atoms with van der Waals surface area (Å²) in [6.07, 6.45) is 9.33. The Labute approximate surface area is 148 Å². The number of pyridine rings is 1. The Morgan fingerprint density at radius 1 is 1.36 bits per heavy atom. The molecular weight excluding hydrogens is 393 g/mol. The number of hydrogen-bond donors (Lipinski definition) is 3. The Hall–Kier alpha value is -1.38. The lowest BCUT2D eigenvalue weighted by Crippen LogP contribution is -2.41. The Kier molecular flexibility index (Phi) is 8.79. The van der Waals surface area contributed by atoms with Crippen LogP contribution in [0.4, 0.5) is 0 Å². The molecule has 0 radical (unpaired) electrons. The van der Waals surface area contributed by atoms with Gasteiger partial charge in [-0.1, -0.05) is 19.3 Å². The molecule has 1 fully saturated rings. The first kappa shape index (κ1) is 18.7. The summed E-state index contributed by atoms with van der Waals surface area (Å²) in [6, 6.07) is 3.91. The van der Waals surface area contributed by atoms with E-state index in [0.717, 1.165) is 12.8 Å². The average Bonchev–Trinajstić information content (AvgIpc) is 2.53. The van der Waals surface area contributed by atoms with Crippen LogP contribution < -0.4 is 16.4 Å². The fourth-order valence-corrected chi connectivity index (χ4v) is 2.45. The standard InChI is InChI=1S/C15H23N5O.HI/c16-15(20-13-6-2-1-3-7-13)19-10-9-18-14(21)12-5-4-8-17-11-12;/h4-5,8,11,13H,1-3,6-7,9-10H2,(H,18,21)(H3,16,19,20);1H. The van der Waals surface area contributed by atoms with Crippen LogP contribution in [0.5, 0.6) is 0 Å². The topological polar surface area (TPSA) is 92.4 Å². The molecule has 0 aliphatic heterocycles. The van der Waals surface area contributed by atoms with Gasteiger partial charge in [0, 0.05) is 25.0 Å². The van der Waals surface area contributed by atoms with Crippen molar-refractivity contribution >= 4 is 35.8 Å². The molecule has 0 saturated heterocycles. The molecule has 0 spiro atoms. The number of guanidine groups is 1. The van der Waals surface area contributed by atoms with Crippen LogP contribution in [0.15, 0.2) is 29.5 Å². The summed E-state index contributed by atoms with van der Waals surface area (Å²) < 4.78 is 0. The number of nitrogens with zero attached hydrogens (tertiary/aromatic N) is 2. The quantitative estimate of drug-likeness (QED) is 0.294. The van der Waals surface area contributed by atoms with Crippen molar-refractivity contribution in [2.45, 2.75) is 38.1 Å². The van der Waals surface area contributed by atoms with Gasteiger partial charge in [-0.2, -0.15) is 0 Å². The van der Waals surface area contributed by atoms with E-state index < -0.39 is 0 Å². The van der Waals surface area contributed by atoms with Crippen LogP contribution in [0.1, 0.15) is 42.5 Å². The number of amides is 1. The van der Waals surface area contributed by atoms with E-state index in [-0.39, 0.29) is 29.9 Å². The van der Waals surface area contributed by atoms with Gasteiger partial charge in [-0.15, -0.1) is 24.0 Å². The van der Waals surface area contributed by atoms with Crippen molar-refractivity contribution in [2.75, 3.05) is 13.1 Å². The normalized spacial score (nSPS) is 15.7. The molecule has 22 heavy (non-hydrogen) atoms. The van der Waals surface area contributed by atoms with Gasteiger partial charge in [-0.05, 0) is 25.0 Å².